The molecule has 0 amide bonds. The Bertz CT molecular complexity index is 295. The molecule has 2 nitrogen and oxygen atoms in total. The molecule has 0 heterocycles. The third-order valence-electron chi connectivity index (χ3n) is 5.13. The lowest BCUT2D eigenvalue weighted by Crippen LogP contribution is -2.60. The summed E-state index contributed by atoms with van der Waals surface area (Å²) in [4.78, 5) is 2.49. The lowest BCUT2D eigenvalue weighted by atomic mass is 9.71. The molecule has 20 heavy (non-hydrogen) atoms. The highest BCUT2D eigenvalue weighted by molar-refractivity contribution is 5.01. The molecule has 1 N–H and O–H groups in total. The first-order valence-electron chi connectivity index (χ1n) is 8.41. The monoisotopic (exact) mass is 278 g/mol. The van der Waals surface area contributed by atoms with Crippen LogP contribution in [0.2, 0.25) is 0 Å². The van der Waals surface area contributed by atoms with Crippen molar-refractivity contribution in [2.75, 3.05) is 20.6 Å². The van der Waals surface area contributed by atoms with E-state index in [1.54, 1.807) is 0 Å². The van der Waals surface area contributed by atoms with Crippen LogP contribution in [0.15, 0.2) is 0 Å². The summed E-state index contributed by atoms with van der Waals surface area (Å²) in [6, 6.07) is 0.582. The van der Waals surface area contributed by atoms with Crippen LogP contribution >= 0.6 is 0 Å². The van der Waals surface area contributed by atoms with E-state index in [1.807, 2.05) is 0 Å². The molecule has 0 aromatic heterocycles. The molecular weight excluding hydrogens is 244 g/mol. The lowest BCUT2D eigenvalue weighted by molar-refractivity contribution is 0.0398. The summed E-state index contributed by atoms with van der Waals surface area (Å²) in [7, 11) is 4.52. The molecule has 0 radical (unpaired) electrons. The molecule has 0 aromatic carbocycles. The van der Waals surface area contributed by atoms with Crippen molar-refractivity contribution in [3.05, 3.63) is 0 Å². The van der Waals surface area contributed by atoms with E-state index in [2.05, 4.69) is 44.1 Å². The van der Waals surface area contributed by atoms with Gasteiger partial charge in [0.25, 0.3) is 0 Å². The van der Waals surface area contributed by atoms with Crippen LogP contribution in [-0.2, 0) is 0 Å². The quantitative estimate of drug-likeness (QED) is 0.538. The van der Waals surface area contributed by atoms with Gasteiger partial charge in [-0.15, -0.1) is 12.3 Å². The SMILES string of the molecule is C#CCCCC(NCCC)C1(N(C)C)CCC(C)CC1. The summed E-state index contributed by atoms with van der Waals surface area (Å²) in [5, 5.41) is 3.82. The van der Waals surface area contributed by atoms with Crippen LogP contribution in [0.1, 0.15) is 65.2 Å². The van der Waals surface area contributed by atoms with E-state index in [1.165, 1.54) is 38.5 Å². The van der Waals surface area contributed by atoms with E-state index in [-0.39, 0.29) is 0 Å². The van der Waals surface area contributed by atoms with Gasteiger partial charge in [0.05, 0.1) is 0 Å². The second-order valence-electron chi connectivity index (χ2n) is 6.78. The maximum atomic E-state index is 5.42. The van der Waals surface area contributed by atoms with Crippen LogP contribution in [0, 0.1) is 18.3 Å². The number of hydrogen-bond donors (Lipinski definition) is 1. The summed E-state index contributed by atoms with van der Waals surface area (Å²) in [5.74, 6) is 3.68. The van der Waals surface area contributed by atoms with Crippen LogP contribution in [0.5, 0.6) is 0 Å². The van der Waals surface area contributed by atoms with E-state index in [4.69, 9.17) is 6.42 Å². The first-order chi connectivity index (χ1) is 9.56. The summed E-state index contributed by atoms with van der Waals surface area (Å²) >= 11 is 0. The first kappa shape index (κ1) is 17.5. The van der Waals surface area contributed by atoms with Crippen LogP contribution in [0.4, 0.5) is 0 Å². The van der Waals surface area contributed by atoms with Crippen molar-refractivity contribution in [3.8, 4) is 12.3 Å². The van der Waals surface area contributed by atoms with Crippen molar-refractivity contribution >= 4 is 0 Å². The Labute approximate surface area is 126 Å². The molecule has 1 atom stereocenters. The molecule has 0 saturated heterocycles. The Morgan fingerprint density at radius 2 is 2.00 bits per heavy atom. The number of hydrogen-bond acceptors (Lipinski definition) is 2. The number of rotatable bonds is 8. The van der Waals surface area contributed by atoms with Crippen molar-refractivity contribution in [1.82, 2.24) is 10.2 Å². The molecule has 1 aliphatic rings. The Morgan fingerprint density at radius 3 is 2.50 bits per heavy atom. The van der Waals surface area contributed by atoms with E-state index in [0.717, 1.165) is 25.3 Å². The fraction of sp³-hybridized carbons (Fsp3) is 0.889. The predicted octanol–water partition coefficient (Wildman–Crippen LogP) is 3.67. The molecule has 0 aliphatic heterocycles. The Morgan fingerprint density at radius 1 is 1.35 bits per heavy atom. The topological polar surface area (TPSA) is 15.3 Å². The molecule has 1 saturated carbocycles. The molecule has 1 aliphatic carbocycles. The minimum Gasteiger partial charge on any atom is -0.312 e. The van der Waals surface area contributed by atoms with Gasteiger partial charge in [-0.1, -0.05) is 13.8 Å². The highest BCUT2D eigenvalue weighted by Gasteiger charge is 2.42. The number of nitrogens with zero attached hydrogens (tertiary/aromatic N) is 1. The summed E-state index contributed by atoms with van der Waals surface area (Å²) < 4.78 is 0. The summed E-state index contributed by atoms with van der Waals surface area (Å²) in [5.41, 5.74) is 0.330. The fourth-order valence-corrected chi connectivity index (χ4v) is 3.66. The molecule has 1 fully saturated rings. The third kappa shape index (κ3) is 4.50. The third-order valence-corrected chi connectivity index (χ3v) is 5.13. The smallest absolute Gasteiger partial charge is 0.0356 e. The van der Waals surface area contributed by atoms with E-state index in [0.29, 0.717) is 11.6 Å². The zero-order valence-electron chi connectivity index (χ0n) is 14.0. The minimum absolute atomic E-state index is 0.330. The summed E-state index contributed by atoms with van der Waals surface area (Å²) in [6.45, 7) is 5.76. The predicted molar refractivity (Wildman–Crippen MR) is 88.8 cm³/mol. The molecule has 1 rings (SSSR count). The Hall–Kier alpha value is -0.520. The Balaban J connectivity index is 2.77. The second-order valence-corrected chi connectivity index (χ2v) is 6.78. The maximum Gasteiger partial charge on any atom is 0.0356 e. The molecule has 2 heteroatoms. The van der Waals surface area contributed by atoms with Crippen LogP contribution in [0.3, 0.4) is 0 Å². The average Bonchev–Trinajstić information content (AvgIpc) is 2.44. The van der Waals surface area contributed by atoms with Gasteiger partial charge in [0.15, 0.2) is 0 Å². The molecule has 1 unspecified atom stereocenters. The van der Waals surface area contributed by atoms with Gasteiger partial charge in [0.2, 0.25) is 0 Å². The van der Waals surface area contributed by atoms with E-state index < -0.39 is 0 Å². The zero-order chi connectivity index (χ0) is 15.0. The van der Waals surface area contributed by atoms with Crippen molar-refractivity contribution in [2.45, 2.75) is 76.8 Å². The molecule has 0 aromatic rings. The van der Waals surface area contributed by atoms with Crippen molar-refractivity contribution < 1.29 is 0 Å². The van der Waals surface area contributed by atoms with Crippen LogP contribution < -0.4 is 5.32 Å². The van der Waals surface area contributed by atoms with E-state index in [9.17, 15) is 0 Å². The standard InChI is InChI=1S/C18H34N2/c1-6-8-9-10-17(19-15-7-2)18(20(4)5)13-11-16(3)12-14-18/h1,16-17,19H,7-15H2,2-5H3. The fourth-order valence-electron chi connectivity index (χ4n) is 3.66. The summed E-state index contributed by atoms with van der Waals surface area (Å²) in [6.07, 6.45) is 15.2. The van der Waals surface area contributed by atoms with Crippen LogP contribution in [0.25, 0.3) is 0 Å². The molecule has 0 spiro atoms. The van der Waals surface area contributed by atoms with Gasteiger partial charge < -0.3 is 10.2 Å². The van der Waals surface area contributed by atoms with Gasteiger partial charge in [-0.2, -0.15) is 0 Å². The van der Waals surface area contributed by atoms with Gasteiger partial charge >= 0.3 is 0 Å². The van der Waals surface area contributed by atoms with E-state index >= 15 is 0 Å². The molecule has 116 valence electrons. The number of nitrogens with one attached hydrogen (secondary N) is 1. The second kappa shape index (κ2) is 8.70. The Kier molecular flexibility index (Phi) is 7.62. The number of likely N-dealkylation sites (N-methyl/N-ethyl adjacent to an activating group) is 1. The maximum absolute atomic E-state index is 5.42. The normalized spacial score (nSPS) is 28.3. The van der Waals surface area contributed by atoms with Gasteiger partial charge in [0.1, 0.15) is 0 Å². The average molecular weight is 278 g/mol. The number of terminal acetylenes is 1. The molecule has 0 bridgehead atoms. The van der Waals surface area contributed by atoms with Crippen molar-refractivity contribution in [3.63, 3.8) is 0 Å². The molecular formula is C18H34N2. The largest absolute Gasteiger partial charge is 0.312 e. The van der Waals surface area contributed by atoms with Gasteiger partial charge in [0, 0.05) is 18.0 Å². The van der Waals surface area contributed by atoms with Crippen LogP contribution in [-0.4, -0.2) is 37.1 Å². The minimum atomic E-state index is 0.330. The number of unbranched alkanes of at least 4 members (excludes halogenated alkanes) is 1. The zero-order valence-corrected chi connectivity index (χ0v) is 14.0. The highest BCUT2D eigenvalue weighted by Crippen LogP contribution is 2.39. The van der Waals surface area contributed by atoms with Gasteiger partial charge in [-0.25, -0.2) is 0 Å². The first-order valence-corrected chi connectivity index (χ1v) is 8.41. The van der Waals surface area contributed by atoms with Gasteiger partial charge in [-0.05, 0) is 71.5 Å². The van der Waals surface area contributed by atoms with Crippen molar-refractivity contribution in [1.29, 1.82) is 0 Å². The highest BCUT2D eigenvalue weighted by atomic mass is 15.2. The lowest BCUT2D eigenvalue weighted by Gasteiger charge is -2.50. The van der Waals surface area contributed by atoms with Gasteiger partial charge in [-0.3, -0.25) is 0 Å². The van der Waals surface area contributed by atoms with Crippen molar-refractivity contribution in [2.24, 2.45) is 5.92 Å².